The van der Waals surface area contributed by atoms with Crippen LogP contribution < -0.4 is 15.4 Å². The number of hydrogen-bond donors (Lipinski definition) is 2. The molecule has 0 saturated carbocycles. The Kier molecular flexibility index (Phi) is 7.61. The minimum atomic E-state index is -0.220. The first-order chi connectivity index (χ1) is 14.6. The Morgan fingerprint density at radius 1 is 0.833 bits per heavy atom. The molecular formula is C25H26N2O3. The Hall–Kier alpha value is -3.60. The molecule has 5 nitrogen and oxygen atoms in total. The van der Waals surface area contributed by atoms with Crippen LogP contribution in [0.2, 0.25) is 0 Å². The Morgan fingerprint density at radius 3 is 2.23 bits per heavy atom. The van der Waals surface area contributed by atoms with E-state index in [1.807, 2.05) is 25.1 Å². The standard InChI is InChI=1S/C25H26N2O3/c1-2-7-24(28)26-21-10-6-11-22(18-21)27-25(29)20-12-14-23(15-13-20)30-17-16-19-8-4-3-5-9-19/h3-6,8-15,18H,2,7,16-17H2,1H3,(H,26,28)(H,27,29). The number of amides is 2. The fraction of sp³-hybridized carbons (Fsp3) is 0.200. The Balaban J connectivity index is 1.52. The number of benzene rings is 3. The van der Waals surface area contributed by atoms with E-state index in [0.717, 1.165) is 18.6 Å². The van der Waals surface area contributed by atoms with E-state index in [9.17, 15) is 9.59 Å². The van der Waals surface area contributed by atoms with E-state index in [4.69, 9.17) is 4.74 Å². The zero-order chi connectivity index (χ0) is 21.2. The summed E-state index contributed by atoms with van der Waals surface area (Å²) in [5.41, 5.74) is 3.04. The van der Waals surface area contributed by atoms with E-state index in [1.165, 1.54) is 5.56 Å². The van der Waals surface area contributed by atoms with Crippen molar-refractivity contribution in [3.63, 3.8) is 0 Å². The quantitative estimate of drug-likeness (QED) is 0.510. The van der Waals surface area contributed by atoms with Gasteiger partial charge in [0.2, 0.25) is 5.91 Å². The van der Waals surface area contributed by atoms with Crippen LogP contribution in [-0.4, -0.2) is 18.4 Å². The molecule has 0 aromatic heterocycles. The normalized spacial score (nSPS) is 10.3. The first kappa shape index (κ1) is 21.1. The molecule has 30 heavy (non-hydrogen) atoms. The van der Waals surface area contributed by atoms with Gasteiger partial charge in [0.05, 0.1) is 6.61 Å². The molecule has 0 aliphatic rings. The lowest BCUT2D eigenvalue weighted by atomic mass is 10.1. The van der Waals surface area contributed by atoms with Crippen molar-refractivity contribution in [3.05, 3.63) is 90.0 Å². The van der Waals surface area contributed by atoms with Crippen LogP contribution in [0, 0.1) is 0 Å². The molecule has 3 rings (SSSR count). The van der Waals surface area contributed by atoms with Gasteiger partial charge in [0.15, 0.2) is 0 Å². The molecule has 2 N–H and O–H groups in total. The molecule has 0 aliphatic carbocycles. The maximum absolute atomic E-state index is 12.5. The number of carbonyl (C=O) groups is 2. The number of carbonyl (C=O) groups excluding carboxylic acids is 2. The van der Waals surface area contributed by atoms with E-state index in [2.05, 4.69) is 22.8 Å². The molecule has 3 aromatic carbocycles. The van der Waals surface area contributed by atoms with Crippen molar-refractivity contribution in [2.75, 3.05) is 17.2 Å². The summed E-state index contributed by atoms with van der Waals surface area (Å²) < 4.78 is 5.76. The Labute approximate surface area is 177 Å². The topological polar surface area (TPSA) is 67.4 Å². The summed E-state index contributed by atoms with van der Waals surface area (Å²) in [6, 6.07) is 24.3. The summed E-state index contributed by atoms with van der Waals surface area (Å²) in [6.07, 6.45) is 2.08. The zero-order valence-electron chi connectivity index (χ0n) is 17.1. The Bertz CT molecular complexity index is 969. The van der Waals surface area contributed by atoms with Crippen LogP contribution in [0.3, 0.4) is 0 Å². The smallest absolute Gasteiger partial charge is 0.255 e. The molecule has 0 aliphatic heterocycles. The number of hydrogen-bond acceptors (Lipinski definition) is 3. The van der Waals surface area contributed by atoms with E-state index in [-0.39, 0.29) is 11.8 Å². The highest BCUT2D eigenvalue weighted by atomic mass is 16.5. The second-order valence-corrected chi connectivity index (χ2v) is 6.94. The van der Waals surface area contributed by atoms with Gasteiger partial charge in [-0.15, -0.1) is 0 Å². The van der Waals surface area contributed by atoms with Gasteiger partial charge >= 0.3 is 0 Å². The summed E-state index contributed by atoms with van der Waals surface area (Å²) in [4.78, 5) is 24.3. The molecule has 0 spiro atoms. The van der Waals surface area contributed by atoms with Crippen molar-refractivity contribution >= 4 is 23.2 Å². The maximum atomic E-state index is 12.5. The van der Waals surface area contributed by atoms with Gasteiger partial charge in [0.25, 0.3) is 5.91 Å². The van der Waals surface area contributed by atoms with Crippen molar-refractivity contribution in [3.8, 4) is 5.75 Å². The number of rotatable bonds is 9. The van der Waals surface area contributed by atoms with Gasteiger partial charge in [0.1, 0.15) is 5.75 Å². The summed E-state index contributed by atoms with van der Waals surface area (Å²) in [5, 5.41) is 5.69. The highest BCUT2D eigenvalue weighted by Crippen LogP contribution is 2.18. The minimum absolute atomic E-state index is 0.0381. The van der Waals surface area contributed by atoms with Crippen LogP contribution in [0.4, 0.5) is 11.4 Å². The third-order valence-electron chi connectivity index (χ3n) is 4.50. The second kappa shape index (κ2) is 10.8. The van der Waals surface area contributed by atoms with Crippen LogP contribution in [0.5, 0.6) is 5.75 Å². The predicted octanol–water partition coefficient (Wildman–Crippen LogP) is 5.30. The summed E-state index contributed by atoms with van der Waals surface area (Å²) in [6.45, 7) is 2.53. The highest BCUT2D eigenvalue weighted by Gasteiger charge is 2.08. The first-order valence-corrected chi connectivity index (χ1v) is 10.1. The van der Waals surface area contributed by atoms with Crippen molar-refractivity contribution < 1.29 is 14.3 Å². The first-order valence-electron chi connectivity index (χ1n) is 10.1. The lowest BCUT2D eigenvalue weighted by molar-refractivity contribution is -0.116. The molecule has 2 amide bonds. The van der Waals surface area contributed by atoms with Gasteiger partial charge in [-0.05, 0) is 54.4 Å². The Morgan fingerprint density at radius 2 is 1.53 bits per heavy atom. The molecule has 0 heterocycles. The van der Waals surface area contributed by atoms with Crippen LogP contribution in [0.15, 0.2) is 78.9 Å². The molecule has 154 valence electrons. The summed E-state index contributed by atoms with van der Waals surface area (Å²) in [5.74, 6) is 0.467. The van der Waals surface area contributed by atoms with Crippen LogP contribution in [-0.2, 0) is 11.2 Å². The molecular weight excluding hydrogens is 376 g/mol. The van der Waals surface area contributed by atoms with Gasteiger partial charge < -0.3 is 15.4 Å². The van der Waals surface area contributed by atoms with Gasteiger partial charge in [0, 0.05) is 29.8 Å². The number of nitrogens with one attached hydrogen (secondary N) is 2. The molecule has 0 unspecified atom stereocenters. The fourth-order valence-electron chi connectivity index (χ4n) is 2.96. The van der Waals surface area contributed by atoms with Crippen molar-refractivity contribution in [2.24, 2.45) is 0 Å². The third kappa shape index (κ3) is 6.48. The third-order valence-corrected chi connectivity index (χ3v) is 4.50. The molecule has 3 aromatic rings. The fourth-order valence-corrected chi connectivity index (χ4v) is 2.96. The lowest BCUT2D eigenvalue weighted by Gasteiger charge is -2.10. The molecule has 5 heteroatoms. The molecule has 0 bridgehead atoms. The van der Waals surface area contributed by atoms with Gasteiger partial charge in [-0.3, -0.25) is 9.59 Å². The largest absolute Gasteiger partial charge is 0.493 e. The SMILES string of the molecule is CCCC(=O)Nc1cccc(NC(=O)c2ccc(OCCc3ccccc3)cc2)c1. The summed E-state index contributed by atoms with van der Waals surface area (Å²) >= 11 is 0. The summed E-state index contributed by atoms with van der Waals surface area (Å²) in [7, 11) is 0. The average molecular weight is 402 g/mol. The molecule has 0 radical (unpaired) electrons. The van der Waals surface area contributed by atoms with Crippen molar-refractivity contribution in [1.29, 1.82) is 0 Å². The molecule has 0 atom stereocenters. The number of ether oxygens (including phenoxy) is 1. The second-order valence-electron chi connectivity index (χ2n) is 6.94. The van der Waals surface area contributed by atoms with Crippen LogP contribution in [0.1, 0.15) is 35.7 Å². The lowest BCUT2D eigenvalue weighted by Crippen LogP contribution is -2.13. The van der Waals surface area contributed by atoms with Gasteiger partial charge in [-0.25, -0.2) is 0 Å². The van der Waals surface area contributed by atoms with Crippen molar-refractivity contribution in [2.45, 2.75) is 26.2 Å². The maximum Gasteiger partial charge on any atom is 0.255 e. The van der Waals surface area contributed by atoms with Gasteiger partial charge in [-0.1, -0.05) is 43.3 Å². The van der Waals surface area contributed by atoms with Crippen LogP contribution >= 0.6 is 0 Å². The molecule has 0 fully saturated rings. The zero-order valence-corrected chi connectivity index (χ0v) is 17.1. The van der Waals surface area contributed by atoms with E-state index >= 15 is 0 Å². The molecule has 0 saturated heterocycles. The minimum Gasteiger partial charge on any atom is -0.493 e. The van der Waals surface area contributed by atoms with Gasteiger partial charge in [-0.2, -0.15) is 0 Å². The number of anilines is 2. The average Bonchev–Trinajstić information content (AvgIpc) is 2.75. The monoisotopic (exact) mass is 402 g/mol. The van der Waals surface area contributed by atoms with Crippen molar-refractivity contribution in [1.82, 2.24) is 0 Å². The highest BCUT2D eigenvalue weighted by molar-refractivity contribution is 6.04. The van der Waals surface area contributed by atoms with Crippen LogP contribution in [0.25, 0.3) is 0 Å². The van der Waals surface area contributed by atoms with E-state index in [1.54, 1.807) is 48.5 Å². The van der Waals surface area contributed by atoms with E-state index < -0.39 is 0 Å². The predicted molar refractivity (Wildman–Crippen MR) is 120 cm³/mol. The van der Waals surface area contributed by atoms with E-state index in [0.29, 0.717) is 30.0 Å².